The van der Waals surface area contributed by atoms with Crippen LogP contribution in [-0.2, 0) is 6.61 Å². The Morgan fingerprint density at radius 3 is 2.60 bits per heavy atom. The molecule has 0 saturated carbocycles. The van der Waals surface area contributed by atoms with Gasteiger partial charge in [-0.2, -0.15) is 0 Å². The molecule has 0 radical (unpaired) electrons. The molecule has 3 rings (SSSR count). The number of hydrogen-bond donors (Lipinski definition) is 1. The Kier molecular flexibility index (Phi) is 5.24. The van der Waals surface area contributed by atoms with Gasteiger partial charge in [-0.1, -0.05) is 28.1 Å². The lowest BCUT2D eigenvalue weighted by molar-refractivity contribution is 0.0992. The molecule has 0 unspecified atom stereocenters. The van der Waals surface area contributed by atoms with E-state index in [4.69, 9.17) is 9.15 Å². The molecule has 0 aliphatic rings. The zero-order valence-electron chi connectivity index (χ0n) is 14.0. The van der Waals surface area contributed by atoms with Gasteiger partial charge in [0.1, 0.15) is 18.1 Å². The van der Waals surface area contributed by atoms with Crippen LogP contribution >= 0.6 is 15.9 Å². The fraction of sp³-hybridized carbons (Fsp3) is 0.150. The van der Waals surface area contributed by atoms with Crippen LogP contribution in [-0.4, -0.2) is 5.91 Å². The second-order valence-electron chi connectivity index (χ2n) is 5.71. The molecule has 0 fully saturated rings. The van der Waals surface area contributed by atoms with Gasteiger partial charge >= 0.3 is 0 Å². The molecule has 0 atom stereocenters. The normalized spacial score (nSPS) is 10.5. The molecule has 0 saturated heterocycles. The van der Waals surface area contributed by atoms with Crippen LogP contribution in [0.4, 0.5) is 5.69 Å². The van der Waals surface area contributed by atoms with Gasteiger partial charge in [0.15, 0.2) is 5.76 Å². The third-order valence-corrected chi connectivity index (χ3v) is 4.46. The lowest BCUT2D eigenvalue weighted by atomic mass is 10.1. The Balaban J connectivity index is 1.63. The van der Waals surface area contributed by atoms with Gasteiger partial charge in [-0.3, -0.25) is 4.79 Å². The minimum Gasteiger partial charge on any atom is -0.486 e. The number of amides is 1. The molecule has 1 amide bonds. The number of anilines is 1. The van der Waals surface area contributed by atoms with Crippen molar-refractivity contribution in [2.24, 2.45) is 0 Å². The highest BCUT2D eigenvalue weighted by atomic mass is 79.9. The maximum absolute atomic E-state index is 12.4. The van der Waals surface area contributed by atoms with E-state index in [-0.39, 0.29) is 18.3 Å². The molecule has 1 aromatic heterocycles. The first-order chi connectivity index (χ1) is 12.0. The van der Waals surface area contributed by atoms with Crippen LogP contribution in [0.2, 0.25) is 0 Å². The SMILES string of the molecule is Cc1cccc(NC(=O)c2ccc(COc3ccc(Br)cc3)o2)c1C. The van der Waals surface area contributed by atoms with Crippen LogP contribution in [0, 0.1) is 13.8 Å². The summed E-state index contributed by atoms with van der Waals surface area (Å²) in [6.45, 7) is 4.25. The number of carbonyl (C=O) groups excluding carboxylic acids is 1. The second kappa shape index (κ2) is 7.57. The number of aryl methyl sites for hydroxylation is 1. The molecule has 4 nitrogen and oxygen atoms in total. The molecule has 0 aliphatic heterocycles. The summed E-state index contributed by atoms with van der Waals surface area (Å²) < 4.78 is 12.2. The highest BCUT2D eigenvalue weighted by molar-refractivity contribution is 9.10. The summed E-state index contributed by atoms with van der Waals surface area (Å²) in [6, 6.07) is 16.7. The Morgan fingerprint density at radius 2 is 1.84 bits per heavy atom. The number of ether oxygens (including phenoxy) is 1. The maximum atomic E-state index is 12.4. The van der Waals surface area contributed by atoms with Gasteiger partial charge in [0.25, 0.3) is 5.91 Å². The van der Waals surface area contributed by atoms with E-state index >= 15 is 0 Å². The third-order valence-electron chi connectivity index (χ3n) is 3.93. The summed E-state index contributed by atoms with van der Waals surface area (Å²) in [5.74, 6) is 1.31. The molecule has 2 aromatic carbocycles. The summed E-state index contributed by atoms with van der Waals surface area (Å²) in [5, 5.41) is 2.88. The van der Waals surface area contributed by atoms with Crippen molar-refractivity contribution in [3.8, 4) is 5.75 Å². The van der Waals surface area contributed by atoms with Crippen LogP contribution < -0.4 is 10.1 Å². The van der Waals surface area contributed by atoms with Crippen molar-refractivity contribution in [2.75, 3.05) is 5.32 Å². The van der Waals surface area contributed by atoms with Crippen molar-refractivity contribution in [2.45, 2.75) is 20.5 Å². The number of benzene rings is 2. The van der Waals surface area contributed by atoms with E-state index < -0.39 is 0 Å². The van der Waals surface area contributed by atoms with E-state index in [1.54, 1.807) is 12.1 Å². The van der Waals surface area contributed by atoms with Gasteiger partial charge < -0.3 is 14.5 Å². The predicted octanol–water partition coefficient (Wildman–Crippen LogP) is 5.49. The quantitative estimate of drug-likeness (QED) is 0.616. The molecule has 0 spiro atoms. The van der Waals surface area contributed by atoms with E-state index in [0.717, 1.165) is 27.0 Å². The van der Waals surface area contributed by atoms with Crippen molar-refractivity contribution >= 4 is 27.5 Å². The average Bonchev–Trinajstić information content (AvgIpc) is 3.08. The first kappa shape index (κ1) is 17.3. The Hall–Kier alpha value is -2.53. The van der Waals surface area contributed by atoms with Gasteiger partial charge in [-0.05, 0) is 67.4 Å². The molecule has 5 heteroatoms. The van der Waals surface area contributed by atoms with Crippen LogP contribution in [0.1, 0.15) is 27.4 Å². The van der Waals surface area contributed by atoms with E-state index in [2.05, 4.69) is 21.2 Å². The van der Waals surface area contributed by atoms with Gasteiger partial charge in [-0.25, -0.2) is 0 Å². The van der Waals surface area contributed by atoms with Gasteiger partial charge in [0.2, 0.25) is 0 Å². The molecular formula is C20H18BrNO3. The first-order valence-corrected chi connectivity index (χ1v) is 8.67. The Morgan fingerprint density at radius 1 is 1.08 bits per heavy atom. The average molecular weight is 400 g/mol. The summed E-state index contributed by atoms with van der Waals surface area (Å²) in [7, 11) is 0. The maximum Gasteiger partial charge on any atom is 0.291 e. The lowest BCUT2D eigenvalue weighted by Gasteiger charge is -2.09. The van der Waals surface area contributed by atoms with Crippen LogP contribution in [0.25, 0.3) is 0 Å². The molecule has 3 aromatic rings. The van der Waals surface area contributed by atoms with Crippen molar-refractivity contribution in [3.05, 3.63) is 81.7 Å². The molecule has 1 N–H and O–H groups in total. The largest absolute Gasteiger partial charge is 0.486 e. The number of rotatable bonds is 5. The third kappa shape index (κ3) is 4.31. The highest BCUT2D eigenvalue weighted by Gasteiger charge is 2.13. The van der Waals surface area contributed by atoms with Gasteiger partial charge in [0.05, 0.1) is 0 Å². The van der Waals surface area contributed by atoms with E-state index in [1.165, 1.54) is 0 Å². The Labute approximate surface area is 154 Å². The van der Waals surface area contributed by atoms with Gasteiger partial charge in [-0.15, -0.1) is 0 Å². The fourth-order valence-corrected chi connectivity index (χ4v) is 2.60. The number of carbonyl (C=O) groups is 1. The van der Waals surface area contributed by atoms with Crippen LogP contribution in [0.3, 0.4) is 0 Å². The summed E-state index contributed by atoms with van der Waals surface area (Å²) >= 11 is 3.38. The number of nitrogens with one attached hydrogen (secondary N) is 1. The summed E-state index contributed by atoms with van der Waals surface area (Å²) in [6.07, 6.45) is 0. The number of furan rings is 1. The summed E-state index contributed by atoms with van der Waals surface area (Å²) in [5.41, 5.74) is 2.95. The van der Waals surface area contributed by atoms with Crippen LogP contribution in [0.15, 0.2) is 63.5 Å². The molecule has 0 aliphatic carbocycles. The first-order valence-electron chi connectivity index (χ1n) is 7.87. The fourth-order valence-electron chi connectivity index (χ4n) is 2.33. The number of halogens is 1. The minimum atomic E-state index is -0.274. The van der Waals surface area contributed by atoms with E-state index in [9.17, 15) is 4.79 Å². The molecule has 25 heavy (non-hydrogen) atoms. The molecule has 128 valence electrons. The second-order valence-corrected chi connectivity index (χ2v) is 6.63. The van der Waals surface area contributed by atoms with Gasteiger partial charge in [0, 0.05) is 10.2 Å². The Bertz CT molecular complexity index is 884. The number of hydrogen-bond acceptors (Lipinski definition) is 3. The standard InChI is InChI=1S/C20H18BrNO3/c1-13-4-3-5-18(14(13)2)22-20(23)19-11-10-17(25-19)12-24-16-8-6-15(21)7-9-16/h3-11H,12H2,1-2H3,(H,22,23). The minimum absolute atomic E-state index is 0.260. The van der Waals surface area contributed by atoms with Crippen LogP contribution in [0.5, 0.6) is 5.75 Å². The highest BCUT2D eigenvalue weighted by Crippen LogP contribution is 2.21. The topological polar surface area (TPSA) is 51.5 Å². The van der Waals surface area contributed by atoms with Crippen molar-refractivity contribution < 1.29 is 13.9 Å². The lowest BCUT2D eigenvalue weighted by Crippen LogP contribution is -2.12. The van der Waals surface area contributed by atoms with Crippen molar-refractivity contribution in [1.29, 1.82) is 0 Å². The predicted molar refractivity (Wildman–Crippen MR) is 101 cm³/mol. The van der Waals surface area contributed by atoms with Crippen molar-refractivity contribution in [3.63, 3.8) is 0 Å². The molecule has 0 bridgehead atoms. The summed E-state index contributed by atoms with van der Waals surface area (Å²) in [4.78, 5) is 12.4. The van der Waals surface area contributed by atoms with Crippen molar-refractivity contribution in [1.82, 2.24) is 0 Å². The van der Waals surface area contributed by atoms with E-state index in [1.807, 2.05) is 56.3 Å². The molecular weight excluding hydrogens is 382 g/mol. The zero-order valence-corrected chi connectivity index (χ0v) is 15.6. The monoisotopic (exact) mass is 399 g/mol. The van der Waals surface area contributed by atoms with E-state index in [0.29, 0.717) is 5.76 Å². The zero-order chi connectivity index (χ0) is 17.8. The smallest absolute Gasteiger partial charge is 0.291 e. The molecule has 1 heterocycles.